The maximum Gasteiger partial charge on any atom is 0.330 e. The van der Waals surface area contributed by atoms with Gasteiger partial charge in [-0.25, -0.2) is 4.79 Å². The van der Waals surface area contributed by atoms with Gasteiger partial charge in [0, 0.05) is 6.08 Å². The van der Waals surface area contributed by atoms with Crippen LogP contribution in [0, 0.1) is 17.8 Å². The summed E-state index contributed by atoms with van der Waals surface area (Å²) < 4.78 is 4.65. The average Bonchev–Trinajstić information content (AvgIpc) is 3.05. The fourth-order valence-corrected chi connectivity index (χ4v) is 3.93. The number of allylic oxidation sites excluding steroid dienone is 1. The number of carbonyl (C=O) groups is 1. The van der Waals surface area contributed by atoms with Gasteiger partial charge in [0.15, 0.2) is 0 Å². The van der Waals surface area contributed by atoms with Gasteiger partial charge in [0.25, 0.3) is 0 Å². The number of methoxy groups -OCH3 is 1. The third-order valence-corrected chi connectivity index (χ3v) is 4.82. The number of rotatable bonds is 3. The number of carbonyl (C=O) groups excluding carboxylic acids is 1. The number of hydrogen-bond acceptors (Lipinski definition) is 2. The van der Waals surface area contributed by atoms with E-state index in [1.165, 1.54) is 31.9 Å². The highest BCUT2D eigenvalue weighted by Gasteiger charge is 2.45. The predicted octanol–water partition coefficient (Wildman–Crippen LogP) is 3.55. The molecule has 0 N–H and O–H groups in total. The van der Waals surface area contributed by atoms with E-state index in [0.717, 1.165) is 17.8 Å². The lowest BCUT2D eigenvalue weighted by Gasteiger charge is -2.26. The molecule has 2 nitrogen and oxygen atoms in total. The van der Waals surface area contributed by atoms with Gasteiger partial charge in [-0.05, 0) is 48.5 Å². The maximum absolute atomic E-state index is 11.2. The molecule has 100 valence electrons. The third-order valence-electron chi connectivity index (χ3n) is 4.82. The minimum Gasteiger partial charge on any atom is -0.466 e. The summed E-state index contributed by atoms with van der Waals surface area (Å²) >= 11 is 0. The van der Waals surface area contributed by atoms with Crippen molar-refractivity contribution in [3.8, 4) is 0 Å². The van der Waals surface area contributed by atoms with Crippen molar-refractivity contribution < 1.29 is 9.53 Å². The van der Waals surface area contributed by atoms with Gasteiger partial charge in [-0.2, -0.15) is 0 Å². The Morgan fingerprint density at radius 3 is 2.58 bits per heavy atom. The van der Waals surface area contributed by atoms with E-state index in [2.05, 4.69) is 41.1 Å². The van der Waals surface area contributed by atoms with Gasteiger partial charge in [-0.3, -0.25) is 0 Å². The highest BCUT2D eigenvalue weighted by Crippen LogP contribution is 2.55. The zero-order valence-electron chi connectivity index (χ0n) is 11.3. The largest absolute Gasteiger partial charge is 0.466 e. The quantitative estimate of drug-likeness (QED) is 0.610. The molecule has 0 amide bonds. The van der Waals surface area contributed by atoms with Crippen LogP contribution in [-0.4, -0.2) is 13.1 Å². The van der Waals surface area contributed by atoms with Gasteiger partial charge in [-0.15, -0.1) is 0 Å². The number of fused-ring (bicyclic) bond motifs is 2. The first kappa shape index (κ1) is 12.5. The molecule has 0 aromatic heterocycles. The van der Waals surface area contributed by atoms with Crippen LogP contribution in [0.15, 0.2) is 42.5 Å². The summed E-state index contributed by atoms with van der Waals surface area (Å²) in [5.41, 5.74) is 1.49. The third kappa shape index (κ3) is 2.44. The summed E-state index contributed by atoms with van der Waals surface area (Å²) in [5, 5.41) is 0. The molecule has 2 saturated carbocycles. The highest BCUT2D eigenvalue weighted by molar-refractivity contribution is 5.81. The van der Waals surface area contributed by atoms with Gasteiger partial charge in [0.05, 0.1) is 7.11 Å². The molecule has 2 fully saturated rings. The van der Waals surface area contributed by atoms with Gasteiger partial charge in [-0.1, -0.05) is 36.4 Å². The maximum atomic E-state index is 11.2. The van der Waals surface area contributed by atoms with Crippen molar-refractivity contribution in [2.24, 2.45) is 17.8 Å². The van der Waals surface area contributed by atoms with E-state index in [-0.39, 0.29) is 5.97 Å². The molecule has 0 radical (unpaired) electrons. The van der Waals surface area contributed by atoms with Gasteiger partial charge >= 0.3 is 5.97 Å². The van der Waals surface area contributed by atoms with Crippen molar-refractivity contribution in [2.75, 3.05) is 7.11 Å². The molecule has 0 saturated heterocycles. The van der Waals surface area contributed by atoms with E-state index in [0.29, 0.717) is 5.92 Å². The van der Waals surface area contributed by atoms with Gasteiger partial charge < -0.3 is 4.74 Å². The first-order valence-electron chi connectivity index (χ1n) is 7.09. The molecular formula is C17H20O2. The molecule has 1 aromatic rings. The Labute approximate surface area is 114 Å². The Balaban J connectivity index is 1.65. The van der Waals surface area contributed by atoms with Crippen LogP contribution in [0.5, 0.6) is 0 Å². The molecule has 2 aliphatic carbocycles. The summed E-state index contributed by atoms with van der Waals surface area (Å²) in [7, 11) is 1.43. The second-order valence-electron chi connectivity index (χ2n) is 5.79. The van der Waals surface area contributed by atoms with Crippen molar-refractivity contribution in [3.05, 3.63) is 48.0 Å². The fourth-order valence-electron chi connectivity index (χ4n) is 3.93. The minimum atomic E-state index is -0.234. The molecule has 1 aromatic carbocycles. The Hall–Kier alpha value is -1.57. The lowest BCUT2D eigenvalue weighted by molar-refractivity contribution is -0.134. The van der Waals surface area contributed by atoms with Crippen LogP contribution in [-0.2, 0) is 9.53 Å². The van der Waals surface area contributed by atoms with Crippen LogP contribution < -0.4 is 0 Å². The van der Waals surface area contributed by atoms with Crippen LogP contribution in [0.3, 0.4) is 0 Å². The SMILES string of the molecule is COC(=O)C=CC1CC2CC1CC2c1ccccc1. The smallest absolute Gasteiger partial charge is 0.330 e. The summed E-state index contributed by atoms with van der Waals surface area (Å²) in [6.45, 7) is 0. The van der Waals surface area contributed by atoms with Crippen molar-refractivity contribution in [3.63, 3.8) is 0 Å². The van der Waals surface area contributed by atoms with E-state index >= 15 is 0 Å². The number of benzene rings is 1. The van der Waals surface area contributed by atoms with Crippen molar-refractivity contribution in [1.29, 1.82) is 0 Å². The first-order valence-corrected chi connectivity index (χ1v) is 7.09. The van der Waals surface area contributed by atoms with E-state index in [9.17, 15) is 4.79 Å². The number of ether oxygens (including phenoxy) is 1. The molecule has 4 atom stereocenters. The zero-order valence-corrected chi connectivity index (χ0v) is 11.3. The minimum absolute atomic E-state index is 0.234. The Morgan fingerprint density at radius 2 is 1.95 bits per heavy atom. The van der Waals surface area contributed by atoms with E-state index < -0.39 is 0 Å². The average molecular weight is 256 g/mol. The molecule has 3 rings (SSSR count). The van der Waals surface area contributed by atoms with E-state index in [4.69, 9.17) is 0 Å². The molecule has 0 heterocycles. The topological polar surface area (TPSA) is 26.3 Å². The lowest BCUT2D eigenvalue weighted by Crippen LogP contribution is -2.15. The first-order chi connectivity index (χ1) is 9.28. The predicted molar refractivity (Wildman–Crippen MR) is 74.7 cm³/mol. The summed E-state index contributed by atoms with van der Waals surface area (Å²) in [6.07, 6.45) is 7.47. The molecule has 4 unspecified atom stereocenters. The van der Waals surface area contributed by atoms with Gasteiger partial charge in [0.2, 0.25) is 0 Å². The molecule has 2 aliphatic rings. The number of esters is 1. The standard InChI is InChI=1S/C17H20O2/c1-19-17(18)8-7-13-9-15-10-14(13)11-16(15)12-5-3-2-4-6-12/h2-8,13-16H,9-11H2,1H3. The van der Waals surface area contributed by atoms with E-state index in [1.54, 1.807) is 6.08 Å². The second-order valence-corrected chi connectivity index (χ2v) is 5.79. The number of hydrogen-bond donors (Lipinski definition) is 0. The van der Waals surface area contributed by atoms with E-state index in [1.807, 2.05) is 0 Å². The zero-order chi connectivity index (χ0) is 13.2. The van der Waals surface area contributed by atoms with Crippen molar-refractivity contribution >= 4 is 5.97 Å². The van der Waals surface area contributed by atoms with Crippen molar-refractivity contribution in [1.82, 2.24) is 0 Å². The molecule has 19 heavy (non-hydrogen) atoms. The molecule has 2 bridgehead atoms. The van der Waals surface area contributed by atoms with Crippen LogP contribution in [0.4, 0.5) is 0 Å². The van der Waals surface area contributed by atoms with Crippen LogP contribution in [0.25, 0.3) is 0 Å². The summed E-state index contributed by atoms with van der Waals surface area (Å²) in [5.74, 6) is 2.61. The Bertz CT molecular complexity index is 477. The fraction of sp³-hybridized carbons (Fsp3) is 0.471. The summed E-state index contributed by atoms with van der Waals surface area (Å²) in [4.78, 5) is 11.2. The Kier molecular flexibility index (Phi) is 3.41. The Morgan fingerprint density at radius 1 is 1.16 bits per heavy atom. The lowest BCUT2D eigenvalue weighted by atomic mass is 9.78. The monoisotopic (exact) mass is 256 g/mol. The second kappa shape index (κ2) is 5.20. The summed E-state index contributed by atoms with van der Waals surface area (Å²) in [6, 6.07) is 10.9. The molecule has 0 aliphatic heterocycles. The molecule has 0 spiro atoms. The van der Waals surface area contributed by atoms with Crippen LogP contribution >= 0.6 is 0 Å². The van der Waals surface area contributed by atoms with Crippen molar-refractivity contribution in [2.45, 2.75) is 25.2 Å². The van der Waals surface area contributed by atoms with Crippen LogP contribution in [0.2, 0.25) is 0 Å². The van der Waals surface area contributed by atoms with Crippen LogP contribution in [0.1, 0.15) is 30.7 Å². The molecular weight excluding hydrogens is 236 g/mol. The highest BCUT2D eigenvalue weighted by atomic mass is 16.5. The van der Waals surface area contributed by atoms with Gasteiger partial charge in [0.1, 0.15) is 0 Å². The normalized spacial score (nSPS) is 32.9. The molecule has 2 heteroatoms.